The van der Waals surface area contributed by atoms with Crippen molar-refractivity contribution in [2.24, 2.45) is 0 Å². The Bertz CT molecular complexity index is 246. The molecule has 2 fully saturated rings. The topological polar surface area (TPSA) is 36.0 Å². The lowest BCUT2D eigenvalue weighted by Gasteiger charge is -2.31. The summed E-state index contributed by atoms with van der Waals surface area (Å²) >= 11 is 0. The van der Waals surface area contributed by atoms with Crippen LogP contribution in [0.25, 0.3) is 0 Å². The summed E-state index contributed by atoms with van der Waals surface area (Å²) in [6, 6.07) is 0. The largest absolute Gasteiger partial charge is 0.448 e. The molecule has 2 saturated heterocycles. The van der Waals surface area contributed by atoms with Gasteiger partial charge >= 0.3 is 6.09 Å². The molecule has 0 bridgehead atoms. The van der Waals surface area contributed by atoms with E-state index in [1.807, 2.05) is 4.90 Å². The zero-order chi connectivity index (χ0) is 12.1. The molecule has 2 aliphatic heterocycles. The quantitative estimate of drug-likeness (QED) is 0.719. The van der Waals surface area contributed by atoms with Gasteiger partial charge < -0.3 is 14.5 Å². The number of carbonyl (C=O) groups excluding carboxylic acids is 1. The summed E-state index contributed by atoms with van der Waals surface area (Å²) in [4.78, 5) is 18.1. The average Bonchev–Trinajstić information content (AvgIpc) is 2.83. The second-order valence-corrected chi connectivity index (χ2v) is 4.95. The highest BCUT2D eigenvalue weighted by atomic mass is 16.6. The van der Waals surface area contributed by atoms with Gasteiger partial charge in [0.05, 0.1) is 0 Å². The molecule has 0 aromatic heterocycles. The minimum Gasteiger partial charge on any atom is -0.448 e. The highest BCUT2D eigenvalue weighted by molar-refractivity contribution is 5.67. The fraction of sp³-hybridized carbons (Fsp3) is 0.917. The number of hydrogen-bond acceptors (Lipinski definition) is 4. The molecule has 2 rings (SSSR count). The van der Waals surface area contributed by atoms with Crippen LogP contribution in [0.3, 0.4) is 0 Å². The second-order valence-electron chi connectivity index (χ2n) is 4.95. The number of ether oxygens (including phenoxy) is 1. The van der Waals surface area contributed by atoms with Crippen LogP contribution in [0, 0.1) is 0 Å². The SMILES string of the molecule is CN1CCN(C(=O)OCCN2CCCC2)CC1. The molecule has 2 heterocycles. The lowest BCUT2D eigenvalue weighted by Crippen LogP contribution is -2.47. The molecule has 98 valence electrons. The van der Waals surface area contributed by atoms with Crippen LogP contribution in [-0.2, 0) is 4.74 Å². The van der Waals surface area contributed by atoms with E-state index in [2.05, 4.69) is 16.8 Å². The van der Waals surface area contributed by atoms with Crippen molar-refractivity contribution in [2.75, 3.05) is 59.5 Å². The van der Waals surface area contributed by atoms with E-state index in [9.17, 15) is 4.79 Å². The van der Waals surface area contributed by atoms with E-state index < -0.39 is 0 Å². The van der Waals surface area contributed by atoms with E-state index in [1.165, 1.54) is 12.8 Å². The van der Waals surface area contributed by atoms with E-state index in [0.717, 1.165) is 45.8 Å². The zero-order valence-corrected chi connectivity index (χ0v) is 10.7. The van der Waals surface area contributed by atoms with E-state index in [4.69, 9.17) is 4.74 Å². The summed E-state index contributed by atoms with van der Waals surface area (Å²) in [6.45, 7) is 7.21. The molecule has 0 aliphatic carbocycles. The molecule has 17 heavy (non-hydrogen) atoms. The Hall–Kier alpha value is -0.810. The molecule has 1 amide bonds. The van der Waals surface area contributed by atoms with E-state index >= 15 is 0 Å². The minimum absolute atomic E-state index is 0.141. The van der Waals surface area contributed by atoms with Crippen molar-refractivity contribution in [3.63, 3.8) is 0 Å². The Morgan fingerprint density at radius 1 is 1.06 bits per heavy atom. The van der Waals surface area contributed by atoms with Gasteiger partial charge in [-0.15, -0.1) is 0 Å². The molecule has 0 spiro atoms. The van der Waals surface area contributed by atoms with Crippen molar-refractivity contribution >= 4 is 6.09 Å². The van der Waals surface area contributed by atoms with Gasteiger partial charge in [-0.25, -0.2) is 4.79 Å². The minimum atomic E-state index is -0.141. The van der Waals surface area contributed by atoms with Crippen LogP contribution in [-0.4, -0.2) is 80.3 Å². The second kappa shape index (κ2) is 6.21. The van der Waals surface area contributed by atoms with Gasteiger partial charge in [-0.3, -0.25) is 4.90 Å². The first-order valence-corrected chi connectivity index (χ1v) is 6.58. The molecule has 0 saturated carbocycles. The molecule has 0 unspecified atom stereocenters. The number of carbonyl (C=O) groups is 1. The highest BCUT2D eigenvalue weighted by Gasteiger charge is 2.20. The van der Waals surface area contributed by atoms with Gasteiger partial charge in [-0.05, 0) is 33.0 Å². The summed E-state index contributed by atoms with van der Waals surface area (Å²) in [5.41, 5.74) is 0. The molecule has 0 N–H and O–H groups in total. The van der Waals surface area contributed by atoms with Gasteiger partial charge in [-0.2, -0.15) is 0 Å². The molecule has 2 aliphatic rings. The maximum Gasteiger partial charge on any atom is 0.409 e. The van der Waals surface area contributed by atoms with Gasteiger partial charge in [-0.1, -0.05) is 0 Å². The van der Waals surface area contributed by atoms with Gasteiger partial charge in [0.15, 0.2) is 0 Å². The van der Waals surface area contributed by atoms with Gasteiger partial charge in [0.2, 0.25) is 0 Å². The van der Waals surface area contributed by atoms with Crippen LogP contribution in [0.5, 0.6) is 0 Å². The number of piperazine rings is 1. The maximum atomic E-state index is 11.7. The van der Waals surface area contributed by atoms with Crippen molar-refractivity contribution < 1.29 is 9.53 Å². The number of likely N-dealkylation sites (tertiary alicyclic amines) is 1. The third-order valence-corrected chi connectivity index (χ3v) is 3.59. The van der Waals surface area contributed by atoms with Gasteiger partial charge in [0.25, 0.3) is 0 Å². The normalized spacial score (nSPS) is 23.0. The van der Waals surface area contributed by atoms with Crippen LogP contribution in [0.1, 0.15) is 12.8 Å². The number of hydrogen-bond donors (Lipinski definition) is 0. The maximum absolute atomic E-state index is 11.7. The molecule has 5 nitrogen and oxygen atoms in total. The zero-order valence-electron chi connectivity index (χ0n) is 10.7. The van der Waals surface area contributed by atoms with Crippen molar-refractivity contribution in [1.82, 2.24) is 14.7 Å². The summed E-state index contributed by atoms with van der Waals surface area (Å²) in [7, 11) is 2.08. The summed E-state index contributed by atoms with van der Waals surface area (Å²) in [6.07, 6.45) is 2.43. The smallest absolute Gasteiger partial charge is 0.409 e. The fourth-order valence-corrected chi connectivity index (χ4v) is 2.35. The average molecular weight is 241 g/mol. The Labute approximate surface area is 103 Å². The number of amides is 1. The van der Waals surface area contributed by atoms with Crippen LogP contribution in [0.15, 0.2) is 0 Å². The lowest BCUT2D eigenvalue weighted by atomic mass is 10.3. The lowest BCUT2D eigenvalue weighted by molar-refractivity contribution is 0.0755. The first-order chi connectivity index (χ1) is 8.25. The number of nitrogens with zero attached hydrogens (tertiary/aromatic N) is 3. The third kappa shape index (κ3) is 3.85. The number of rotatable bonds is 3. The third-order valence-electron chi connectivity index (χ3n) is 3.59. The summed E-state index contributed by atoms with van der Waals surface area (Å²) in [5.74, 6) is 0. The van der Waals surface area contributed by atoms with Crippen molar-refractivity contribution in [1.29, 1.82) is 0 Å². The molecule has 0 aromatic carbocycles. The molecular formula is C12H23N3O2. The Morgan fingerprint density at radius 2 is 1.71 bits per heavy atom. The molecule has 0 atom stereocenters. The Balaban J connectivity index is 1.60. The first-order valence-electron chi connectivity index (χ1n) is 6.58. The van der Waals surface area contributed by atoms with Crippen LogP contribution >= 0.6 is 0 Å². The molecule has 0 aromatic rings. The fourth-order valence-electron chi connectivity index (χ4n) is 2.35. The van der Waals surface area contributed by atoms with Crippen molar-refractivity contribution in [3.05, 3.63) is 0 Å². The van der Waals surface area contributed by atoms with E-state index in [0.29, 0.717) is 6.61 Å². The summed E-state index contributed by atoms with van der Waals surface area (Å²) < 4.78 is 5.31. The van der Waals surface area contributed by atoms with E-state index in [1.54, 1.807) is 0 Å². The van der Waals surface area contributed by atoms with Crippen LogP contribution < -0.4 is 0 Å². The summed E-state index contributed by atoms with van der Waals surface area (Å²) in [5, 5.41) is 0. The van der Waals surface area contributed by atoms with Crippen molar-refractivity contribution in [3.8, 4) is 0 Å². The monoisotopic (exact) mass is 241 g/mol. The molecule has 0 radical (unpaired) electrons. The van der Waals surface area contributed by atoms with E-state index in [-0.39, 0.29) is 6.09 Å². The van der Waals surface area contributed by atoms with Crippen LogP contribution in [0.2, 0.25) is 0 Å². The van der Waals surface area contributed by atoms with Gasteiger partial charge in [0, 0.05) is 32.7 Å². The predicted octanol–water partition coefficient (Wildman–Crippen LogP) is 0.466. The predicted molar refractivity (Wildman–Crippen MR) is 66.1 cm³/mol. The Morgan fingerprint density at radius 3 is 2.35 bits per heavy atom. The highest BCUT2D eigenvalue weighted by Crippen LogP contribution is 2.07. The molecular weight excluding hydrogens is 218 g/mol. The number of likely N-dealkylation sites (N-methyl/N-ethyl adjacent to an activating group) is 1. The Kier molecular flexibility index (Phi) is 4.62. The van der Waals surface area contributed by atoms with Crippen molar-refractivity contribution in [2.45, 2.75) is 12.8 Å². The van der Waals surface area contributed by atoms with Gasteiger partial charge in [0.1, 0.15) is 6.61 Å². The molecule has 5 heteroatoms. The van der Waals surface area contributed by atoms with Crippen LogP contribution in [0.4, 0.5) is 4.79 Å². The standard InChI is InChI=1S/C12H23N3O2/c1-13-6-8-15(9-7-13)12(16)17-11-10-14-4-2-3-5-14/h2-11H2,1H3. The first kappa shape index (κ1) is 12.6.